The first-order valence-electron chi connectivity index (χ1n) is 9.29. The zero-order valence-electron chi connectivity index (χ0n) is 16.1. The van der Waals surface area contributed by atoms with Crippen LogP contribution in [-0.4, -0.2) is 22.1 Å². The number of ether oxygens (including phenoxy) is 1. The molecule has 0 saturated heterocycles. The average Bonchev–Trinajstić information content (AvgIpc) is 2.75. The second kappa shape index (κ2) is 11.2. The lowest BCUT2D eigenvalue weighted by molar-refractivity contribution is -0.145. The third-order valence-corrected chi connectivity index (χ3v) is 4.80. The van der Waals surface area contributed by atoms with E-state index >= 15 is 0 Å². The molecule has 7 heteroatoms. The molecule has 0 spiro atoms. The third kappa shape index (κ3) is 6.19. The Bertz CT molecular complexity index is 1020. The standard InChI is InChI=1S/C22H22ClN3O3.CH4/c1-16-20(23)25-21(24-13-12-17-8-4-2-5-9-17)22(28)26(16)14-19(27)29-15-18-10-6-3-7-11-18;/h2-11H,12-15H2,1H3,(H,24,25);1H4. The van der Waals surface area contributed by atoms with Gasteiger partial charge >= 0.3 is 5.97 Å². The lowest BCUT2D eigenvalue weighted by Crippen LogP contribution is -2.31. The van der Waals surface area contributed by atoms with Crippen LogP contribution in [0.25, 0.3) is 0 Å². The van der Waals surface area contributed by atoms with Gasteiger partial charge in [-0.3, -0.25) is 14.2 Å². The minimum Gasteiger partial charge on any atom is -0.459 e. The van der Waals surface area contributed by atoms with Gasteiger partial charge in [0.1, 0.15) is 13.2 Å². The number of carbonyl (C=O) groups excluding carboxylic acids is 1. The van der Waals surface area contributed by atoms with E-state index in [-0.39, 0.29) is 31.5 Å². The predicted molar refractivity (Wildman–Crippen MR) is 120 cm³/mol. The van der Waals surface area contributed by atoms with Gasteiger partial charge in [0, 0.05) is 6.54 Å². The van der Waals surface area contributed by atoms with Crippen LogP contribution in [0.2, 0.25) is 5.15 Å². The van der Waals surface area contributed by atoms with Crippen molar-refractivity contribution in [3.8, 4) is 0 Å². The van der Waals surface area contributed by atoms with Crippen molar-refractivity contribution in [1.29, 1.82) is 0 Å². The van der Waals surface area contributed by atoms with Crippen LogP contribution in [0.15, 0.2) is 65.5 Å². The van der Waals surface area contributed by atoms with E-state index in [0.717, 1.165) is 17.5 Å². The molecule has 158 valence electrons. The molecule has 0 aliphatic heterocycles. The van der Waals surface area contributed by atoms with Crippen LogP contribution in [0.1, 0.15) is 24.2 Å². The van der Waals surface area contributed by atoms with E-state index in [0.29, 0.717) is 12.2 Å². The fraction of sp³-hybridized carbons (Fsp3) is 0.261. The monoisotopic (exact) mass is 427 g/mol. The molecule has 0 aliphatic carbocycles. The first kappa shape index (κ1) is 23.2. The number of aromatic nitrogens is 2. The van der Waals surface area contributed by atoms with Crippen LogP contribution < -0.4 is 10.9 Å². The number of nitrogens with one attached hydrogen (secondary N) is 1. The molecular weight excluding hydrogens is 402 g/mol. The van der Waals surface area contributed by atoms with Gasteiger partial charge in [-0.15, -0.1) is 0 Å². The van der Waals surface area contributed by atoms with E-state index in [4.69, 9.17) is 16.3 Å². The Morgan fingerprint density at radius 2 is 1.67 bits per heavy atom. The molecule has 0 aliphatic rings. The van der Waals surface area contributed by atoms with Gasteiger partial charge in [-0.2, -0.15) is 0 Å². The van der Waals surface area contributed by atoms with Gasteiger partial charge in [0.25, 0.3) is 5.56 Å². The smallest absolute Gasteiger partial charge is 0.326 e. The highest BCUT2D eigenvalue weighted by Crippen LogP contribution is 2.13. The number of nitrogens with zero attached hydrogens (tertiary/aromatic N) is 2. The zero-order valence-corrected chi connectivity index (χ0v) is 16.9. The maximum absolute atomic E-state index is 12.8. The van der Waals surface area contributed by atoms with Crippen LogP contribution in [-0.2, 0) is 29.1 Å². The van der Waals surface area contributed by atoms with Gasteiger partial charge in [0.15, 0.2) is 11.0 Å². The second-order valence-corrected chi connectivity index (χ2v) is 6.89. The van der Waals surface area contributed by atoms with Crippen molar-refractivity contribution in [3.63, 3.8) is 0 Å². The summed E-state index contributed by atoms with van der Waals surface area (Å²) in [6, 6.07) is 19.3. The van der Waals surface area contributed by atoms with E-state index < -0.39 is 11.5 Å². The number of anilines is 1. The number of rotatable bonds is 8. The molecule has 3 rings (SSSR count). The maximum atomic E-state index is 12.8. The zero-order chi connectivity index (χ0) is 20.6. The molecule has 3 aromatic rings. The quantitative estimate of drug-likeness (QED) is 0.544. The summed E-state index contributed by atoms with van der Waals surface area (Å²) in [5, 5.41) is 3.19. The third-order valence-electron chi connectivity index (χ3n) is 4.44. The van der Waals surface area contributed by atoms with Crippen LogP contribution >= 0.6 is 11.6 Å². The first-order chi connectivity index (χ1) is 14.0. The van der Waals surface area contributed by atoms with Crippen LogP contribution in [0.5, 0.6) is 0 Å². The van der Waals surface area contributed by atoms with E-state index in [9.17, 15) is 9.59 Å². The molecule has 0 atom stereocenters. The number of halogens is 1. The highest BCUT2D eigenvalue weighted by atomic mass is 35.5. The highest BCUT2D eigenvalue weighted by Gasteiger charge is 2.15. The molecule has 0 radical (unpaired) electrons. The van der Waals surface area contributed by atoms with Gasteiger partial charge in [-0.05, 0) is 24.5 Å². The summed E-state index contributed by atoms with van der Waals surface area (Å²) in [6.45, 7) is 2.08. The Balaban J connectivity index is 0.00000320. The highest BCUT2D eigenvalue weighted by molar-refractivity contribution is 6.30. The van der Waals surface area contributed by atoms with Crippen molar-refractivity contribution in [2.24, 2.45) is 0 Å². The molecule has 1 aromatic heterocycles. The van der Waals surface area contributed by atoms with E-state index in [2.05, 4.69) is 10.3 Å². The Hall–Kier alpha value is -3.12. The average molecular weight is 428 g/mol. The SMILES string of the molecule is C.Cc1c(Cl)nc(NCCc2ccccc2)c(=O)n1CC(=O)OCc1ccccc1. The minimum absolute atomic E-state index is 0. The largest absolute Gasteiger partial charge is 0.459 e. The van der Waals surface area contributed by atoms with Crippen molar-refractivity contribution < 1.29 is 9.53 Å². The van der Waals surface area contributed by atoms with Crippen LogP contribution in [0.4, 0.5) is 5.82 Å². The summed E-state index contributed by atoms with van der Waals surface area (Å²) < 4.78 is 6.56. The molecule has 6 nitrogen and oxygen atoms in total. The van der Waals surface area contributed by atoms with Crippen molar-refractivity contribution in [2.45, 2.75) is 33.9 Å². The molecule has 0 unspecified atom stereocenters. The van der Waals surface area contributed by atoms with Gasteiger partial charge < -0.3 is 10.1 Å². The van der Waals surface area contributed by atoms with Gasteiger partial charge in [0.2, 0.25) is 0 Å². The summed E-state index contributed by atoms with van der Waals surface area (Å²) in [5.74, 6) is -0.399. The summed E-state index contributed by atoms with van der Waals surface area (Å²) in [6.07, 6.45) is 0.729. The predicted octanol–water partition coefficient (Wildman–Crippen LogP) is 4.24. The van der Waals surface area contributed by atoms with Crippen molar-refractivity contribution >= 4 is 23.4 Å². The van der Waals surface area contributed by atoms with E-state index in [1.807, 2.05) is 60.7 Å². The van der Waals surface area contributed by atoms with Crippen molar-refractivity contribution in [3.05, 3.63) is 93.0 Å². The number of carbonyl (C=O) groups is 1. The van der Waals surface area contributed by atoms with Crippen LogP contribution in [0, 0.1) is 6.92 Å². The van der Waals surface area contributed by atoms with Gasteiger partial charge in [0.05, 0.1) is 5.69 Å². The van der Waals surface area contributed by atoms with Crippen molar-refractivity contribution in [1.82, 2.24) is 9.55 Å². The van der Waals surface area contributed by atoms with E-state index in [1.54, 1.807) is 6.92 Å². The molecule has 1 N–H and O–H groups in total. The lowest BCUT2D eigenvalue weighted by atomic mass is 10.1. The number of benzene rings is 2. The summed E-state index contributed by atoms with van der Waals surface area (Å²) >= 11 is 6.18. The van der Waals surface area contributed by atoms with Gasteiger partial charge in [-0.1, -0.05) is 79.7 Å². The number of hydrogen-bond donors (Lipinski definition) is 1. The number of hydrogen-bond acceptors (Lipinski definition) is 5. The molecular formula is C23H26ClN3O3. The first-order valence-corrected chi connectivity index (χ1v) is 9.66. The Labute approximate surface area is 181 Å². The fourth-order valence-electron chi connectivity index (χ4n) is 2.81. The maximum Gasteiger partial charge on any atom is 0.326 e. The molecule has 2 aromatic carbocycles. The Kier molecular flexibility index (Phi) is 8.62. The molecule has 1 heterocycles. The fourth-order valence-corrected chi connectivity index (χ4v) is 2.99. The Morgan fingerprint density at radius 3 is 2.30 bits per heavy atom. The van der Waals surface area contributed by atoms with E-state index in [1.165, 1.54) is 4.57 Å². The van der Waals surface area contributed by atoms with Gasteiger partial charge in [-0.25, -0.2) is 4.98 Å². The summed E-state index contributed by atoms with van der Waals surface area (Å²) in [5.41, 5.74) is 2.03. The normalized spacial score (nSPS) is 10.2. The molecule has 0 saturated carbocycles. The molecule has 30 heavy (non-hydrogen) atoms. The summed E-state index contributed by atoms with van der Waals surface area (Å²) in [4.78, 5) is 29.1. The summed E-state index contributed by atoms with van der Waals surface area (Å²) in [7, 11) is 0. The van der Waals surface area contributed by atoms with Crippen molar-refractivity contribution in [2.75, 3.05) is 11.9 Å². The molecule has 0 amide bonds. The minimum atomic E-state index is -0.517. The van der Waals surface area contributed by atoms with Crippen LogP contribution in [0.3, 0.4) is 0 Å². The molecule has 0 fully saturated rings. The number of esters is 1. The topological polar surface area (TPSA) is 73.2 Å². The lowest BCUT2D eigenvalue weighted by Gasteiger charge is -2.13. The Morgan fingerprint density at radius 1 is 1.07 bits per heavy atom. The molecule has 0 bridgehead atoms. The second-order valence-electron chi connectivity index (χ2n) is 6.54.